The Kier molecular flexibility index (Phi) is 7.09. The molecule has 2 aliphatic heterocycles. The fourth-order valence-electron chi connectivity index (χ4n) is 10.8. The van der Waals surface area contributed by atoms with E-state index in [9.17, 15) is 0 Å². The molecule has 63 heavy (non-hydrogen) atoms. The predicted molar refractivity (Wildman–Crippen MR) is 258 cm³/mol. The summed E-state index contributed by atoms with van der Waals surface area (Å²) in [5.41, 5.74) is 14.7. The third kappa shape index (κ3) is 4.85. The first kappa shape index (κ1) is 34.8. The molecule has 0 spiro atoms. The van der Waals surface area contributed by atoms with E-state index in [4.69, 9.17) is 15.0 Å². The average Bonchev–Trinajstić information content (AvgIpc) is 4.10. The fraction of sp³-hybridized carbons (Fsp3) is 0.0536. The van der Waals surface area contributed by atoms with Crippen LogP contribution >= 0.6 is 11.3 Å². The molecule has 14 rings (SSSR count). The maximum atomic E-state index is 5.22. The summed E-state index contributed by atoms with van der Waals surface area (Å²) in [5, 5.41) is 6.29. The van der Waals surface area contributed by atoms with Crippen LogP contribution in [0.15, 0.2) is 188 Å². The molecule has 2 bridgehead atoms. The molecule has 4 aromatic heterocycles. The number of aromatic nitrogens is 5. The summed E-state index contributed by atoms with van der Waals surface area (Å²) >= 11 is 1.87. The van der Waals surface area contributed by atoms with E-state index in [0.717, 1.165) is 27.9 Å². The minimum Gasteiger partial charge on any atom is -0.331 e. The molecule has 0 N–H and O–H groups in total. The highest BCUT2D eigenvalue weighted by Gasteiger charge is 2.53. The number of benzene rings is 7. The normalized spacial score (nSPS) is 16.8. The summed E-state index contributed by atoms with van der Waals surface area (Å²) in [7, 11) is 0. The Bertz CT molecular complexity index is 3710. The van der Waals surface area contributed by atoms with E-state index in [0.29, 0.717) is 17.5 Å². The lowest BCUT2D eigenvalue weighted by Crippen LogP contribution is -2.44. The number of thiophene rings is 1. The van der Waals surface area contributed by atoms with Crippen LogP contribution in [0.4, 0.5) is 11.4 Å². The van der Waals surface area contributed by atoms with Crippen molar-refractivity contribution in [3.63, 3.8) is 0 Å². The number of hydrogen-bond donors (Lipinski definition) is 0. The second-order valence-corrected chi connectivity index (χ2v) is 18.0. The minimum atomic E-state index is -0.460. The van der Waals surface area contributed by atoms with Gasteiger partial charge in [0, 0.05) is 61.0 Å². The molecule has 1 aliphatic carbocycles. The van der Waals surface area contributed by atoms with Gasteiger partial charge in [-0.2, -0.15) is 0 Å². The van der Waals surface area contributed by atoms with Crippen LogP contribution in [0.25, 0.3) is 94.1 Å². The Balaban J connectivity index is 0.989. The predicted octanol–water partition coefficient (Wildman–Crippen LogP) is 14.0. The molecule has 7 aromatic carbocycles. The van der Waals surface area contributed by atoms with Crippen molar-refractivity contribution in [1.29, 1.82) is 0 Å². The molecule has 7 heteroatoms. The molecule has 3 aliphatic rings. The molecular formula is C56H36N6S. The Morgan fingerprint density at radius 2 is 1.06 bits per heavy atom. The summed E-state index contributed by atoms with van der Waals surface area (Å²) < 4.78 is 5.10. The van der Waals surface area contributed by atoms with Crippen LogP contribution in [0, 0.1) is 0 Å². The van der Waals surface area contributed by atoms with Crippen LogP contribution in [-0.2, 0) is 0 Å². The molecule has 2 unspecified atom stereocenters. The molecule has 0 saturated carbocycles. The van der Waals surface area contributed by atoms with Gasteiger partial charge in [0.1, 0.15) is 10.0 Å². The molecular weight excluding hydrogens is 789 g/mol. The molecule has 0 radical (unpaired) electrons. The number of hydrogen-bond acceptors (Lipinski definition) is 5. The maximum Gasteiger partial charge on any atom is 0.164 e. The first-order valence-electron chi connectivity index (χ1n) is 21.5. The van der Waals surface area contributed by atoms with Gasteiger partial charge in [-0.05, 0) is 60.5 Å². The third-order valence-corrected chi connectivity index (χ3v) is 14.6. The van der Waals surface area contributed by atoms with Crippen LogP contribution in [-0.4, -0.2) is 29.6 Å². The average molecular weight is 825 g/mol. The Labute approximate surface area is 367 Å². The standard InChI is InChI=1S/C56H36N6S/c1-56-32-31-43-41-20-9-11-22-45(41)61-48-30-29-47(63-48)60-44-21-10-8-19-40(44)42-27-28-46(49(51(42)60)50(56)52(43)61)62(56)39-18-12-17-38(33-39)55-58-53(36-15-6-3-7-16-36)57-54(59-55)37-25-23-35(24-26-37)34-13-4-2-5-14-34/h2-33,50H,1H3. The van der Waals surface area contributed by atoms with Gasteiger partial charge in [-0.15, -0.1) is 0 Å². The summed E-state index contributed by atoms with van der Waals surface area (Å²) in [4.78, 5) is 18.1. The zero-order valence-corrected chi connectivity index (χ0v) is 35.0. The second kappa shape index (κ2) is 12.8. The maximum absolute atomic E-state index is 5.22. The van der Waals surface area contributed by atoms with Gasteiger partial charge in [-0.3, -0.25) is 0 Å². The van der Waals surface area contributed by atoms with E-state index in [-0.39, 0.29) is 5.92 Å². The Morgan fingerprint density at radius 3 is 1.81 bits per heavy atom. The van der Waals surface area contributed by atoms with Crippen molar-refractivity contribution in [2.75, 3.05) is 4.90 Å². The third-order valence-electron chi connectivity index (χ3n) is 13.6. The Morgan fingerprint density at radius 1 is 0.492 bits per heavy atom. The highest BCUT2D eigenvalue weighted by Crippen LogP contribution is 2.62. The molecule has 6 nitrogen and oxygen atoms in total. The van der Waals surface area contributed by atoms with Gasteiger partial charge in [0.25, 0.3) is 0 Å². The van der Waals surface area contributed by atoms with Crippen molar-refractivity contribution in [1.82, 2.24) is 24.1 Å². The van der Waals surface area contributed by atoms with Crippen LogP contribution in [0.3, 0.4) is 0 Å². The van der Waals surface area contributed by atoms with Crippen LogP contribution in [0.1, 0.15) is 29.7 Å². The summed E-state index contributed by atoms with van der Waals surface area (Å²) in [6, 6.07) is 65.2. The molecule has 0 fully saturated rings. The second-order valence-electron chi connectivity index (χ2n) is 17.0. The van der Waals surface area contributed by atoms with E-state index >= 15 is 0 Å². The van der Waals surface area contributed by atoms with Crippen molar-refractivity contribution >= 4 is 61.5 Å². The lowest BCUT2D eigenvalue weighted by molar-refractivity contribution is 0.520. The quantitative estimate of drug-likeness (QED) is 0.173. The van der Waals surface area contributed by atoms with Gasteiger partial charge in [0.15, 0.2) is 17.5 Å². The number of nitrogens with zero attached hydrogens (tertiary/aromatic N) is 6. The topological polar surface area (TPSA) is 51.8 Å². The SMILES string of the molecule is CC12C=Cc3c4n(c5ccccc35)-c3ccc(s3)-n3c5ccccc5c5ccc(c(c53)C41)N2c1cccc(-c2nc(-c3ccccc3)nc(-c3ccc(-c4ccccc4)cc3)n2)c1. The number of para-hydroxylation sites is 2. The van der Waals surface area contributed by atoms with E-state index in [2.05, 4.69) is 191 Å². The Hall–Kier alpha value is -7.87. The van der Waals surface area contributed by atoms with Crippen molar-refractivity contribution in [2.24, 2.45) is 0 Å². The summed E-state index contributed by atoms with van der Waals surface area (Å²) in [6.45, 7) is 2.43. The number of fused-ring (bicyclic) bond motifs is 10. The molecule has 296 valence electrons. The molecule has 0 amide bonds. The fourth-order valence-corrected chi connectivity index (χ4v) is 11.9. The first-order chi connectivity index (χ1) is 31.1. The van der Waals surface area contributed by atoms with Crippen LogP contribution in [0.5, 0.6) is 0 Å². The van der Waals surface area contributed by atoms with Crippen LogP contribution in [0.2, 0.25) is 0 Å². The number of rotatable bonds is 5. The van der Waals surface area contributed by atoms with Crippen molar-refractivity contribution in [3.05, 3.63) is 205 Å². The molecule has 2 atom stereocenters. The largest absolute Gasteiger partial charge is 0.331 e. The van der Waals surface area contributed by atoms with Crippen molar-refractivity contribution < 1.29 is 0 Å². The van der Waals surface area contributed by atoms with Gasteiger partial charge in [0.2, 0.25) is 0 Å². The molecule has 0 saturated heterocycles. The highest BCUT2D eigenvalue weighted by molar-refractivity contribution is 7.17. The van der Waals surface area contributed by atoms with E-state index in [1.165, 1.54) is 70.8 Å². The smallest absolute Gasteiger partial charge is 0.164 e. The molecule has 6 heterocycles. The van der Waals surface area contributed by atoms with Crippen molar-refractivity contribution in [3.8, 4) is 55.3 Å². The van der Waals surface area contributed by atoms with E-state index < -0.39 is 5.54 Å². The van der Waals surface area contributed by atoms with E-state index in [1.54, 1.807) is 0 Å². The summed E-state index contributed by atoms with van der Waals surface area (Å²) in [6.07, 6.45) is 4.85. The minimum absolute atomic E-state index is 0.0177. The van der Waals surface area contributed by atoms with Gasteiger partial charge < -0.3 is 14.0 Å². The van der Waals surface area contributed by atoms with Gasteiger partial charge >= 0.3 is 0 Å². The number of anilines is 2. The van der Waals surface area contributed by atoms with Crippen molar-refractivity contribution in [2.45, 2.75) is 18.4 Å². The van der Waals surface area contributed by atoms with Gasteiger partial charge in [-0.1, -0.05) is 163 Å². The van der Waals surface area contributed by atoms with Gasteiger partial charge in [0.05, 0.1) is 28.0 Å². The van der Waals surface area contributed by atoms with Crippen LogP contribution < -0.4 is 4.90 Å². The first-order valence-corrected chi connectivity index (χ1v) is 22.3. The highest BCUT2D eigenvalue weighted by atomic mass is 32.1. The zero-order chi connectivity index (χ0) is 41.4. The van der Waals surface area contributed by atoms with E-state index in [1.807, 2.05) is 35.6 Å². The van der Waals surface area contributed by atoms with Gasteiger partial charge in [-0.25, -0.2) is 15.0 Å². The molecule has 11 aromatic rings. The zero-order valence-electron chi connectivity index (χ0n) is 34.1. The lowest BCUT2D eigenvalue weighted by Gasteiger charge is -2.41. The summed E-state index contributed by atoms with van der Waals surface area (Å²) in [5.74, 6) is 1.93. The monoisotopic (exact) mass is 824 g/mol. The lowest BCUT2D eigenvalue weighted by atomic mass is 9.75.